The molecule has 1 fully saturated rings. The van der Waals surface area contributed by atoms with E-state index in [1.165, 1.54) is 33.5 Å². The van der Waals surface area contributed by atoms with Crippen LogP contribution in [0.25, 0.3) is 0 Å². The summed E-state index contributed by atoms with van der Waals surface area (Å²) in [6.07, 6.45) is 1.68. The average Bonchev–Trinajstić information content (AvgIpc) is 3.34. The lowest BCUT2D eigenvalue weighted by molar-refractivity contribution is -0.124. The number of hydrogen-bond acceptors (Lipinski definition) is 4. The van der Waals surface area contributed by atoms with E-state index in [2.05, 4.69) is 5.32 Å². The van der Waals surface area contributed by atoms with Crippen LogP contribution in [-0.4, -0.2) is 44.2 Å². The molecule has 32 heavy (non-hydrogen) atoms. The summed E-state index contributed by atoms with van der Waals surface area (Å²) in [5.74, 6) is -1.11. The first kappa shape index (κ1) is 22.4. The summed E-state index contributed by atoms with van der Waals surface area (Å²) in [6.45, 7) is 5.89. The predicted molar refractivity (Wildman–Crippen MR) is 120 cm³/mol. The van der Waals surface area contributed by atoms with Crippen molar-refractivity contribution in [1.82, 2.24) is 4.31 Å². The Hall–Kier alpha value is -2.78. The maximum atomic E-state index is 13.3. The molecule has 0 bridgehead atoms. The molecule has 0 atom stereocenters. The number of halogens is 1. The lowest BCUT2D eigenvalue weighted by Gasteiger charge is -2.20. The molecule has 0 radical (unpaired) electrons. The molecule has 1 N–H and O–H groups in total. The molecule has 0 aliphatic carbocycles. The Bertz CT molecular complexity index is 1200. The Morgan fingerprint density at radius 3 is 2.47 bits per heavy atom. The van der Waals surface area contributed by atoms with Crippen LogP contribution in [0.3, 0.4) is 0 Å². The average molecular weight is 460 g/mol. The van der Waals surface area contributed by atoms with Gasteiger partial charge in [0.15, 0.2) is 0 Å². The zero-order valence-corrected chi connectivity index (χ0v) is 19.1. The number of nitrogens with zero attached hydrogens (tertiary/aromatic N) is 2. The molecule has 9 heteroatoms. The van der Waals surface area contributed by atoms with Crippen LogP contribution in [0.15, 0.2) is 41.3 Å². The van der Waals surface area contributed by atoms with Crippen molar-refractivity contribution in [3.05, 3.63) is 53.3 Å². The number of aryl methyl sites for hydroxylation is 1. The highest BCUT2D eigenvalue weighted by atomic mass is 32.2. The van der Waals surface area contributed by atoms with Crippen LogP contribution in [0.4, 0.5) is 15.8 Å². The standard InChI is InChI=1S/C23H26FN3O4S/c1-15-12-16(24)6-8-19(15)25-21(28)14-27-20-9-7-17(13-18(20)23(2,3)22(27)29)32(30,31)26-10-4-5-11-26/h6-9,12-13H,4-5,10-11,14H2,1-3H3,(H,25,28). The molecular formula is C23H26FN3O4S. The predicted octanol–water partition coefficient (Wildman–Crippen LogP) is 3.18. The second kappa shape index (κ2) is 7.97. The lowest BCUT2D eigenvalue weighted by Crippen LogP contribution is -2.40. The summed E-state index contributed by atoms with van der Waals surface area (Å²) in [7, 11) is -3.62. The number of nitrogens with one attached hydrogen (secondary N) is 1. The van der Waals surface area contributed by atoms with Gasteiger partial charge in [-0.05, 0) is 81.1 Å². The molecule has 4 rings (SSSR count). The molecule has 2 aliphatic heterocycles. The maximum Gasteiger partial charge on any atom is 0.244 e. The second-order valence-electron chi connectivity index (χ2n) is 8.81. The summed E-state index contributed by atoms with van der Waals surface area (Å²) in [5.41, 5.74) is 1.16. The van der Waals surface area contributed by atoms with E-state index >= 15 is 0 Å². The van der Waals surface area contributed by atoms with Gasteiger partial charge in [0.1, 0.15) is 12.4 Å². The number of carbonyl (C=O) groups excluding carboxylic acids is 2. The largest absolute Gasteiger partial charge is 0.324 e. The number of sulfonamides is 1. The SMILES string of the molecule is Cc1cc(F)ccc1NC(=O)CN1C(=O)C(C)(C)c2cc(S(=O)(=O)N3CCCC3)ccc21. The van der Waals surface area contributed by atoms with Crippen molar-refractivity contribution >= 4 is 33.2 Å². The minimum atomic E-state index is -3.62. The quantitative estimate of drug-likeness (QED) is 0.744. The first-order valence-electron chi connectivity index (χ1n) is 10.5. The van der Waals surface area contributed by atoms with Gasteiger partial charge >= 0.3 is 0 Å². The van der Waals surface area contributed by atoms with Crippen LogP contribution < -0.4 is 10.2 Å². The normalized spacial score (nSPS) is 18.1. The van der Waals surface area contributed by atoms with E-state index in [1.807, 2.05) is 0 Å². The van der Waals surface area contributed by atoms with E-state index < -0.39 is 27.2 Å². The summed E-state index contributed by atoms with van der Waals surface area (Å²) in [6, 6.07) is 8.70. The van der Waals surface area contributed by atoms with Crippen molar-refractivity contribution < 1.29 is 22.4 Å². The van der Waals surface area contributed by atoms with Gasteiger partial charge in [-0.2, -0.15) is 4.31 Å². The molecule has 0 spiro atoms. The lowest BCUT2D eigenvalue weighted by atomic mass is 9.86. The van der Waals surface area contributed by atoms with Gasteiger partial charge in [0.05, 0.1) is 10.3 Å². The van der Waals surface area contributed by atoms with Crippen molar-refractivity contribution in [3.63, 3.8) is 0 Å². The Morgan fingerprint density at radius 2 is 1.81 bits per heavy atom. The number of amides is 2. The Morgan fingerprint density at radius 1 is 1.12 bits per heavy atom. The Kier molecular flexibility index (Phi) is 5.58. The third kappa shape index (κ3) is 3.80. The first-order chi connectivity index (χ1) is 15.0. The van der Waals surface area contributed by atoms with E-state index in [-0.39, 0.29) is 17.3 Å². The third-order valence-electron chi connectivity index (χ3n) is 6.18. The zero-order chi connectivity index (χ0) is 23.3. The number of rotatable bonds is 5. The van der Waals surface area contributed by atoms with Gasteiger partial charge in [0.25, 0.3) is 0 Å². The van der Waals surface area contributed by atoms with Crippen LogP contribution in [0.1, 0.15) is 37.8 Å². The van der Waals surface area contributed by atoms with Crippen molar-refractivity contribution in [1.29, 1.82) is 0 Å². The zero-order valence-electron chi connectivity index (χ0n) is 18.3. The van der Waals surface area contributed by atoms with Crippen LogP contribution in [-0.2, 0) is 25.0 Å². The number of carbonyl (C=O) groups is 2. The maximum absolute atomic E-state index is 13.3. The van der Waals surface area contributed by atoms with Gasteiger partial charge in [-0.3, -0.25) is 9.59 Å². The molecule has 0 saturated carbocycles. The monoisotopic (exact) mass is 459 g/mol. The number of fused-ring (bicyclic) bond motifs is 1. The summed E-state index contributed by atoms with van der Waals surface area (Å²) in [5, 5.41) is 2.71. The highest BCUT2D eigenvalue weighted by molar-refractivity contribution is 7.89. The van der Waals surface area contributed by atoms with Crippen LogP contribution >= 0.6 is 0 Å². The molecule has 0 unspecified atom stereocenters. The van der Waals surface area contributed by atoms with Crippen molar-refractivity contribution in [2.75, 3.05) is 29.9 Å². The van der Waals surface area contributed by atoms with Crippen LogP contribution in [0.5, 0.6) is 0 Å². The molecule has 2 aromatic carbocycles. The number of hydrogen-bond donors (Lipinski definition) is 1. The fourth-order valence-corrected chi connectivity index (χ4v) is 5.85. The highest BCUT2D eigenvalue weighted by Gasteiger charge is 2.45. The highest BCUT2D eigenvalue weighted by Crippen LogP contribution is 2.43. The minimum Gasteiger partial charge on any atom is -0.324 e. The van der Waals surface area contributed by atoms with Gasteiger partial charge < -0.3 is 10.2 Å². The minimum absolute atomic E-state index is 0.160. The molecule has 2 heterocycles. The second-order valence-corrected chi connectivity index (χ2v) is 10.8. The van der Waals surface area contributed by atoms with Crippen molar-refractivity contribution in [3.8, 4) is 0 Å². The van der Waals surface area contributed by atoms with Gasteiger partial charge in [0.2, 0.25) is 21.8 Å². The van der Waals surface area contributed by atoms with Gasteiger partial charge in [-0.15, -0.1) is 0 Å². The van der Waals surface area contributed by atoms with Gasteiger partial charge in [0, 0.05) is 24.5 Å². The topological polar surface area (TPSA) is 86.8 Å². The fourth-order valence-electron chi connectivity index (χ4n) is 4.31. The van der Waals surface area contributed by atoms with Gasteiger partial charge in [-0.25, -0.2) is 12.8 Å². The van der Waals surface area contributed by atoms with Crippen LogP contribution in [0, 0.1) is 12.7 Å². The summed E-state index contributed by atoms with van der Waals surface area (Å²) in [4.78, 5) is 27.3. The molecule has 0 aromatic heterocycles. The molecular weight excluding hydrogens is 433 g/mol. The van der Waals surface area contributed by atoms with E-state index in [4.69, 9.17) is 0 Å². The van der Waals surface area contributed by atoms with Crippen LogP contribution in [0.2, 0.25) is 0 Å². The van der Waals surface area contributed by atoms with E-state index in [0.717, 1.165) is 12.8 Å². The molecule has 7 nitrogen and oxygen atoms in total. The third-order valence-corrected chi connectivity index (χ3v) is 8.07. The molecule has 1 saturated heterocycles. The Balaban J connectivity index is 1.61. The van der Waals surface area contributed by atoms with Crippen molar-refractivity contribution in [2.45, 2.75) is 43.9 Å². The fraction of sp³-hybridized carbons (Fsp3) is 0.391. The molecule has 2 amide bonds. The molecule has 2 aliphatic rings. The smallest absolute Gasteiger partial charge is 0.244 e. The number of anilines is 2. The summed E-state index contributed by atoms with van der Waals surface area (Å²) >= 11 is 0. The Labute approximate surface area is 187 Å². The van der Waals surface area contributed by atoms with E-state index in [1.54, 1.807) is 32.9 Å². The van der Waals surface area contributed by atoms with Crippen molar-refractivity contribution in [2.24, 2.45) is 0 Å². The first-order valence-corrected chi connectivity index (χ1v) is 12.0. The summed E-state index contributed by atoms with van der Waals surface area (Å²) < 4.78 is 40.7. The molecule has 170 valence electrons. The molecule has 2 aromatic rings. The number of benzene rings is 2. The van der Waals surface area contributed by atoms with E-state index in [0.29, 0.717) is 35.6 Å². The van der Waals surface area contributed by atoms with Gasteiger partial charge in [-0.1, -0.05) is 0 Å². The van der Waals surface area contributed by atoms with E-state index in [9.17, 15) is 22.4 Å².